The van der Waals surface area contributed by atoms with Gasteiger partial charge in [-0.25, -0.2) is 0 Å². The van der Waals surface area contributed by atoms with Gasteiger partial charge in [0.1, 0.15) is 17.2 Å². The molecule has 0 fully saturated rings. The molecular weight excluding hydrogens is 328 g/mol. The van der Waals surface area contributed by atoms with Crippen LogP contribution in [-0.4, -0.2) is 18.5 Å². The van der Waals surface area contributed by atoms with Gasteiger partial charge in [-0.1, -0.05) is 12.1 Å². The Hall–Kier alpha value is -2.45. The molecule has 1 aromatic heterocycles. The molecule has 1 heterocycles. The molecule has 0 unspecified atom stereocenters. The van der Waals surface area contributed by atoms with Gasteiger partial charge in [0.25, 0.3) is 0 Å². The molecule has 0 bridgehead atoms. The van der Waals surface area contributed by atoms with Crippen LogP contribution in [0.2, 0.25) is 0 Å². The van der Waals surface area contributed by atoms with Crippen LogP contribution in [-0.2, 0) is 6.18 Å². The lowest BCUT2D eigenvalue weighted by Gasteiger charge is -2.15. The molecule has 0 amide bonds. The van der Waals surface area contributed by atoms with Crippen molar-refractivity contribution in [1.29, 1.82) is 0 Å². The average molecular weight is 337 g/mol. The molecule has 2 aromatic rings. The number of nitrogens with zero attached hydrogens (tertiary/aromatic N) is 1. The molecule has 124 valence electrons. The molecule has 3 nitrogen and oxygen atoms in total. The van der Waals surface area contributed by atoms with Gasteiger partial charge in [-0.2, -0.15) is 13.2 Å². The van der Waals surface area contributed by atoms with Crippen molar-refractivity contribution in [2.24, 2.45) is 0 Å². The first kappa shape index (κ1) is 16.9. The highest BCUT2D eigenvalue weighted by Gasteiger charge is 2.34. The molecule has 0 saturated carbocycles. The van der Waals surface area contributed by atoms with Gasteiger partial charge in [0.15, 0.2) is 0 Å². The lowest BCUT2D eigenvalue weighted by Crippen LogP contribution is -2.17. The third kappa shape index (κ3) is 4.05. The first-order valence-corrected chi connectivity index (χ1v) is 6.08. The number of benzene rings is 1. The summed E-state index contributed by atoms with van der Waals surface area (Å²) in [6.45, 7) is 0. The molecule has 0 spiro atoms. The summed E-state index contributed by atoms with van der Waals surface area (Å²) in [6, 6.07) is 5.62. The van der Waals surface area contributed by atoms with Crippen molar-refractivity contribution in [3.63, 3.8) is 0 Å². The van der Waals surface area contributed by atoms with Gasteiger partial charge in [0.05, 0.1) is 12.7 Å². The summed E-state index contributed by atoms with van der Waals surface area (Å²) in [5.41, 5.74) is -1.41. The predicted octanol–water partition coefficient (Wildman–Crippen LogP) is 4.67. The van der Waals surface area contributed by atoms with E-state index in [0.29, 0.717) is 12.3 Å². The first-order chi connectivity index (χ1) is 10.6. The van der Waals surface area contributed by atoms with E-state index >= 15 is 0 Å². The van der Waals surface area contributed by atoms with Gasteiger partial charge in [0.2, 0.25) is 0 Å². The van der Waals surface area contributed by atoms with E-state index in [-0.39, 0.29) is 17.0 Å². The van der Waals surface area contributed by atoms with E-state index in [1.165, 1.54) is 18.2 Å². The Morgan fingerprint density at radius 3 is 2.17 bits per heavy atom. The highest BCUT2D eigenvalue weighted by Crippen LogP contribution is 2.39. The smallest absolute Gasteiger partial charge is 0.494 e. The minimum atomic E-state index is -4.95. The normalized spacial score (nSPS) is 12.1. The minimum absolute atomic E-state index is 0.143. The average Bonchev–Trinajstić information content (AvgIpc) is 2.44. The van der Waals surface area contributed by atoms with Crippen LogP contribution in [0.5, 0.6) is 11.5 Å². The van der Waals surface area contributed by atoms with Gasteiger partial charge in [-0.15, -0.1) is 13.2 Å². The maximum atomic E-state index is 12.7. The van der Waals surface area contributed by atoms with E-state index in [2.05, 4.69) is 9.72 Å². The van der Waals surface area contributed by atoms with Crippen LogP contribution in [0.4, 0.5) is 26.3 Å². The summed E-state index contributed by atoms with van der Waals surface area (Å²) in [6.07, 6.45) is -9.09. The van der Waals surface area contributed by atoms with Crippen LogP contribution in [0.15, 0.2) is 36.5 Å². The Morgan fingerprint density at radius 2 is 1.61 bits per heavy atom. The molecule has 0 radical (unpaired) electrons. The molecule has 0 N–H and O–H groups in total. The second-order valence-electron chi connectivity index (χ2n) is 4.32. The molecule has 9 heteroatoms. The summed E-state index contributed by atoms with van der Waals surface area (Å²) in [5, 5.41) is 0. The predicted molar refractivity (Wildman–Crippen MR) is 67.9 cm³/mol. The summed E-state index contributed by atoms with van der Waals surface area (Å²) in [4.78, 5) is 3.58. The summed E-state index contributed by atoms with van der Waals surface area (Å²) >= 11 is 0. The Bertz CT molecular complexity index is 696. The maximum Gasteiger partial charge on any atom is 0.573 e. The lowest BCUT2D eigenvalue weighted by molar-refractivity contribution is -0.274. The number of hydrogen-bond acceptors (Lipinski definition) is 3. The quantitative estimate of drug-likeness (QED) is 0.763. The Balaban J connectivity index is 2.55. The Morgan fingerprint density at radius 1 is 0.957 bits per heavy atom. The third-order valence-corrected chi connectivity index (χ3v) is 2.77. The van der Waals surface area contributed by atoms with Crippen molar-refractivity contribution in [1.82, 2.24) is 4.98 Å². The summed E-state index contributed by atoms with van der Waals surface area (Å²) in [7, 11) is 1.09. The van der Waals surface area contributed by atoms with Crippen LogP contribution in [0.3, 0.4) is 0 Å². The molecular formula is C14H9F6NO2. The summed E-state index contributed by atoms with van der Waals surface area (Å²) < 4.78 is 84.0. The summed E-state index contributed by atoms with van der Waals surface area (Å²) in [5.74, 6) is -0.913. The first-order valence-electron chi connectivity index (χ1n) is 6.08. The van der Waals surface area contributed by atoms with Crippen molar-refractivity contribution in [2.75, 3.05) is 7.11 Å². The van der Waals surface area contributed by atoms with Gasteiger partial charge < -0.3 is 9.47 Å². The molecule has 0 saturated heterocycles. The third-order valence-electron chi connectivity index (χ3n) is 2.77. The van der Waals surface area contributed by atoms with Gasteiger partial charge >= 0.3 is 12.5 Å². The van der Waals surface area contributed by atoms with Crippen LogP contribution in [0.1, 0.15) is 5.56 Å². The van der Waals surface area contributed by atoms with Crippen LogP contribution in [0, 0.1) is 0 Å². The number of ether oxygens (including phenoxy) is 2. The van der Waals surface area contributed by atoms with Crippen molar-refractivity contribution >= 4 is 0 Å². The van der Waals surface area contributed by atoms with E-state index in [0.717, 1.165) is 13.2 Å². The molecule has 0 aliphatic carbocycles. The largest absolute Gasteiger partial charge is 0.573 e. The number of hydrogen-bond donors (Lipinski definition) is 0. The van der Waals surface area contributed by atoms with Crippen molar-refractivity contribution in [3.05, 3.63) is 42.1 Å². The molecule has 0 aliphatic rings. The fourth-order valence-corrected chi connectivity index (χ4v) is 1.83. The topological polar surface area (TPSA) is 31.4 Å². The van der Waals surface area contributed by atoms with Crippen LogP contribution >= 0.6 is 0 Å². The van der Waals surface area contributed by atoms with Gasteiger partial charge in [-0.3, -0.25) is 4.98 Å². The Labute approximate surface area is 126 Å². The highest BCUT2D eigenvalue weighted by atomic mass is 19.4. The van der Waals surface area contributed by atoms with Crippen molar-refractivity contribution in [3.8, 4) is 22.8 Å². The van der Waals surface area contributed by atoms with E-state index in [1.54, 1.807) is 0 Å². The lowest BCUT2D eigenvalue weighted by atomic mass is 10.1. The molecule has 23 heavy (non-hydrogen) atoms. The molecule has 0 atom stereocenters. The van der Waals surface area contributed by atoms with E-state index < -0.39 is 23.9 Å². The minimum Gasteiger partial charge on any atom is -0.494 e. The number of pyridine rings is 1. The second kappa shape index (κ2) is 5.98. The van der Waals surface area contributed by atoms with Crippen molar-refractivity contribution in [2.45, 2.75) is 12.5 Å². The standard InChI is InChI=1S/C14H9F6NO2/c1-22-11-6-8(13(15,16)17)7-21-12(11)9-4-2-3-5-10(9)23-14(18,19)20/h2-7H,1H3. The van der Waals surface area contributed by atoms with E-state index in [4.69, 9.17) is 4.74 Å². The second-order valence-corrected chi connectivity index (χ2v) is 4.32. The fraction of sp³-hybridized carbons (Fsp3) is 0.214. The fourth-order valence-electron chi connectivity index (χ4n) is 1.83. The van der Waals surface area contributed by atoms with Crippen LogP contribution in [0.25, 0.3) is 11.3 Å². The number of methoxy groups -OCH3 is 1. The van der Waals surface area contributed by atoms with Gasteiger partial charge in [0, 0.05) is 11.8 Å². The zero-order chi connectivity index (χ0) is 17.3. The molecule has 1 aromatic carbocycles. The zero-order valence-corrected chi connectivity index (χ0v) is 11.5. The number of aromatic nitrogens is 1. The van der Waals surface area contributed by atoms with E-state index in [1.807, 2.05) is 0 Å². The zero-order valence-electron chi connectivity index (χ0n) is 11.5. The monoisotopic (exact) mass is 337 g/mol. The number of rotatable bonds is 3. The van der Waals surface area contributed by atoms with E-state index in [9.17, 15) is 26.3 Å². The van der Waals surface area contributed by atoms with Crippen LogP contribution < -0.4 is 9.47 Å². The molecule has 0 aliphatic heterocycles. The van der Waals surface area contributed by atoms with Gasteiger partial charge in [-0.05, 0) is 18.2 Å². The molecule has 2 rings (SSSR count). The maximum absolute atomic E-state index is 12.7. The number of alkyl halides is 6. The number of halogens is 6. The SMILES string of the molecule is COc1cc(C(F)(F)F)cnc1-c1ccccc1OC(F)(F)F. The van der Waals surface area contributed by atoms with Crippen molar-refractivity contribution < 1.29 is 35.8 Å². The number of para-hydroxylation sites is 1. The highest BCUT2D eigenvalue weighted by molar-refractivity contribution is 5.72. The Kier molecular flexibility index (Phi) is 4.39.